The number of hydrogen-bond donors (Lipinski definition) is 1. The number of thiazole rings is 1. The van der Waals surface area contributed by atoms with Gasteiger partial charge in [0.1, 0.15) is 0 Å². The molecule has 2 rings (SSSR count). The van der Waals surface area contributed by atoms with Gasteiger partial charge in [-0.3, -0.25) is 4.79 Å². The Morgan fingerprint density at radius 2 is 2.26 bits per heavy atom. The zero-order valence-electron chi connectivity index (χ0n) is 11.8. The van der Waals surface area contributed by atoms with Gasteiger partial charge >= 0.3 is 0 Å². The third-order valence-electron chi connectivity index (χ3n) is 3.68. The Morgan fingerprint density at radius 1 is 1.53 bits per heavy atom. The fraction of sp³-hybridized carbons (Fsp3) is 0.714. The predicted octanol–water partition coefficient (Wildman–Crippen LogP) is 3.63. The van der Waals surface area contributed by atoms with E-state index in [2.05, 4.69) is 17.2 Å². The first kappa shape index (κ1) is 14.9. The van der Waals surface area contributed by atoms with Crippen LogP contribution in [0.2, 0.25) is 0 Å². The van der Waals surface area contributed by atoms with E-state index in [9.17, 15) is 4.79 Å². The minimum Gasteiger partial charge on any atom is -0.352 e. The number of nitrogens with one attached hydrogen (secondary N) is 1. The van der Waals surface area contributed by atoms with Gasteiger partial charge < -0.3 is 5.32 Å². The van der Waals surface area contributed by atoms with E-state index in [1.165, 1.54) is 19.3 Å². The number of aromatic nitrogens is 1. The van der Waals surface area contributed by atoms with Crippen LogP contribution in [0, 0.1) is 12.8 Å². The molecule has 1 heterocycles. The van der Waals surface area contributed by atoms with Crippen molar-refractivity contribution in [3.63, 3.8) is 0 Å². The molecule has 0 aliphatic heterocycles. The molecule has 1 aromatic rings. The first-order valence-electron chi connectivity index (χ1n) is 6.95. The third-order valence-corrected chi connectivity index (χ3v) is 5.87. The van der Waals surface area contributed by atoms with Crippen molar-refractivity contribution in [2.45, 2.75) is 62.1 Å². The van der Waals surface area contributed by atoms with Gasteiger partial charge in [0.05, 0.1) is 5.25 Å². The van der Waals surface area contributed by atoms with E-state index < -0.39 is 0 Å². The summed E-state index contributed by atoms with van der Waals surface area (Å²) in [5.41, 5.74) is 1.03. The summed E-state index contributed by atoms with van der Waals surface area (Å²) in [5.74, 6) is 0.758. The molecule has 1 N–H and O–H groups in total. The monoisotopic (exact) mass is 298 g/mol. The summed E-state index contributed by atoms with van der Waals surface area (Å²) in [6, 6.07) is 0.363. The lowest BCUT2D eigenvalue weighted by Gasteiger charge is -2.30. The smallest absolute Gasteiger partial charge is 0.233 e. The lowest BCUT2D eigenvalue weighted by Crippen LogP contribution is -2.44. The van der Waals surface area contributed by atoms with E-state index in [1.807, 2.05) is 19.2 Å². The Morgan fingerprint density at radius 3 is 2.89 bits per heavy atom. The van der Waals surface area contributed by atoms with Crippen LogP contribution in [0.25, 0.3) is 0 Å². The molecule has 19 heavy (non-hydrogen) atoms. The number of amides is 1. The first-order chi connectivity index (χ1) is 9.06. The molecule has 1 saturated carbocycles. The first-order valence-corrected chi connectivity index (χ1v) is 8.71. The minimum absolute atomic E-state index is 0.0697. The SMILES string of the molecule is Cc1csc(S[C@@H](C)C(=O)N[C@H]2CCCC[C@@H]2C)n1. The van der Waals surface area contributed by atoms with Crippen molar-refractivity contribution in [1.29, 1.82) is 0 Å². The van der Waals surface area contributed by atoms with Gasteiger partial charge in [0.15, 0.2) is 4.34 Å². The van der Waals surface area contributed by atoms with Crippen LogP contribution in [0.15, 0.2) is 9.72 Å². The zero-order valence-corrected chi connectivity index (χ0v) is 13.4. The molecule has 1 aromatic heterocycles. The Kier molecular flexibility index (Phi) is 5.28. The van der Waals surface area contributed by atoms with Crippen LogP contribution in [-0.2, 0) is 4.79 Å². The summed E-state index contributed by atoms with van der Waals surface area (Å²) >= 11 is 3.17. The highest BCUT2D eigenvalue weighted by Gasteiger charge is 2.25. The molecule has 0 spiro atoms. The molecular weight excluding hydrogens is 276 g/mol. The van der Waals surface area contributed by atoms with E-state index in [4.69, 9.17) is 0 Å². The highest BCUT2D eigenvalue weighted by atomic mass is 32.2. The van der Waals surface area contributed by atoms with Crippen molar-refractivity contribution < 1.29 is 4.79 Å². The van der Waals surface area contributed by atoms with Gasteiger partial charge in [-0.1, -0.05) is 31.5 Å². The Bertz CT molecular complexity index is 433. The van der Waals surface area contributed by atoms with Gasteiger partial charge in [-0.2, -0.15) is 0 Å². The average molecular weight is 298 g/mol. The second-order valence-electron chi connectivity index (χ2n) is 5.39. The van der Waals surface area contributed by atoms with Crippen molar-refractivity contribution in [1.82, 2.24) is 10.3 Å². The molecule has 0 bridgehead atoms. The standard InChI is InChI=1S/C14H22N2OS2/c1-9-6-4-5-7-12(9)16-13(17)11(3)19-14-15-10(2)8-18-14/h8-9,11-12H,4-7H2,1-3H3,(H,16,17)/t9-,11-,12-/m0/s1. The maximum atomic E-state index is 12.2. The molecule has 1 aliphatic carbocycles. The predicted molar refractivity (Wildman–Crippen MR) is 81.7 cm³/mol. The number of aryl methyl sites for hydroxylation is 1. The number of carbonyl (C=O) groups excluding carboxylic acids is 1. The van der Waals surface area contributed by atoms with E-state index in [1.54, 1.807) is 23.1 Å². The lowest BCUT2D eigenvalue weighted by molar-refractivity contribution is -0.121. The zero-order chi connectivity index (χ0) is 13.8. The summed E-state index contributed by atoms with van der Waals surface area (Å²) in [4.78, 5) is 16.6. The van der Waals surface area contributed by atoms with Crippen molar-refractivity contribution in [2.24, 2.45) is 5.92 Å². The van der Waals surface area contributed by atoms with E-state index in [0.29, 0.717) is 12.0 Å². The fourth-order valence-corrected chi connectivity index (χ4v) is 4.42. The van der Waals surface area contributed by atoms with Gasteiger partial charge in [0, 0.05) is 17.1 Å². The minimum atomic E-state index is -0.0697. The largest absolute Gasteiger partial charge is 0.352 e. The molecule has 0 saturated heterocycles. The number of hydrogen-bond acceptors (Lipinski definition) is 4. The van der Waals surface area contributed by atoms with Gasteiger partial charge in [-0.05, 0) is 32.6 Å². The molecule has 0 unspecified atom stereocenters. The molecule has 3 nitrogen and oxygen atoms in total. The molecule has 3 atom stereocenters. The third kappa shape index (κ3) is 4.21. The molecule has 106 valence electrons. The Hall–Kier alpha value is -0.550. The lowest BCUT2D eigenvalue weighted by atomic mass is 9.86. The molecule has 5 heteroatoms. The molecule has 1 aliphatic rings. The summed E-state index contributed by atoms with van der Waals surface area (Å²) in [7, 11) is 0. The summed E-state index contributed by atoms with van der Waals surface area (Å²) in [6.45, 7) is 6.19. The fourth-order valence-electron chi connectivity index (χ4n) is 2.42. The number of nitrogens with zero attached hydrogens (tertiary/aromatic N) is 1. The second kappa shape index (κ2) is 6.75. The summed E-state index contributed by atoms with van der Waals surface area (Å²) in [6.07, 6.45) is 4.90. The van der Waals surface area contributed by atoms with E-state index >= 15 is 0 Å². The van der Waals surface area contributed by atoms with Crippen molar-refractivity contribution in [3.8, 4) is 0 Å². The topological polar surface area (TPSA) is 42.0 Å². The molecule has 0 aromatic carbocycles. The quantitative estimate of drug-likeness (QED) is 0.863. The van der Waals surface area contributed by atoms with Crippen LogP contribution >= 0.6 is 23.1 Å². The Balaban J connectivity index is 1.85. The summed E-state index contributed by atoms with van der Waals surface area (Å²) in [5, 5.41) is 5.17. The van der Waals surface area contributed by atoms with E-state index in [-0.39, 0.29) is 11.2 Å². The van der Waals surface area contributed by atoms with Crippen LogP contribution in [0.5, 0.6) is 0 Å². The molecule has 0 radical (unpaired) electrons. The molecule has 1 amide bonds. The molecular formula is C14H22N2OS2. The van der Waals surface area contributed by atoms with Crippen LogP contribution in [0.4, 0.5) is 0 Å². The van der Waals surface area contributed by atoms with Gasteiger partial charge in [-0.25, -0.2) is 4.98 Å². The van der Waals surface area contributed by atoms with E-state index in [0.717, 1.165) is 16.5 Å². The maximum absolute atomic E-state index is 12.2. The van der Waals surface area contributed by atoms with Crippen LogP contribution in [0.3, 0.4) is 0 Å². The van der Waals surface area contributed by atoms with Crippen LogP contribution in [-0.4, -0.2) is 22.2 Å². The van der Waals surface area contributed by atoms with Crippen molar-refractivity contribution in [2.75, 3.05) is 0 Å². The normalized spacial score (nSPS) is 25.0. The molecule has 1 fully saturated rings. The van der Waals surface area contributed by atoms with Gasteiger partial charge in [0.2, 0.25) is 5.91 Å². The highest BCUT2D eigenvalue weighted by molar-refractivity contribution is 8.02. The van der Waals surface area contributed by atoms with Crippen LogP contribution < -0.4 is 5.32 Å². The summed E-state index contributed by atoms with van der Waals surface area (Å²) < 4.78 is 0.983. The Labute approximate surface area is 123 Å². The van der Waals surface area contributed by atoms with Gasteiger partial charge in [0.25, 0.3) is 0 Å². The van der Waals surface area contributed by atoms with Crippen LogP contribution in [0.1, 0.15) is 45.2 Å². The number of thioether (sulfide) groups is 1. The number of rotatable bonds is 4. The average Bonchev–Trinajstić information content (AvgIpc) is 2.77. The van der Waals surface area contributed by atoms with Crippen molar-refractivity contribution in [3.05, 3.63) is 11.1 Å². The second-order valence-corrected chi connectivity index (χ2v) is 7.84. The number of carbonyl (C=O) groups is 1. The highest BCUT2D eigenvalue weighted by Crippen LogP contribution is 2.28. The van der Waals surface area contributed by atoms with Gasteiger partial charge in [-0.15, -0.1) is 11.3 Å². The maximum Gasteiger partial charge on any atom is 0.233 e. The van der Waals surface area contributed by atoms with Crippen molar-refractivity contribution >= 4 is 29.0 Å².